The van der Waals surface area contributed by atoms with Crippen molar-refractivity contribution in [1.29, 1.82) is 0 Å². The van der Waals surface area contributed by atoms with Gasteiger partial charge >= 0.3 is 0 Å². The number of β-amino-alcohol motifs (C(OH)–C–C–N with tert-alkyl or cyclic N) is 1. The minimum absolute atomic E-state index is 0.363. The van der Waals surface area contributed by atoms with E-state index in [1.54, 1.807) is 0 Å². The maximum absolute atomic E-state index is 10.5. The van der Waals surface area contributed by atoms with Crippen LogP contribution in [-0.4, -0.2) is 28.9 Å². The molecule has 1 aliphatic rings. The Morgan fingerprint density at radius 1 is 1.29 bits per heavy atom. The standard InChI is InChI=1S/C14H21NO2/c1-10-6-12(7-11(2)13(10)16)8-14(17)4-3-5-15-9-14/h6-7,15-17H,3-5,8-9H2,1-2H3. The van der Waals surface area contributed by atoms with E-state index in [0.29, 0.717) is 18.7 Å². The highest BCUT2D eigenvalue weighted by molar-refractivity contribution is 5.42. The van der Waals surface area contributed by atoms with Crippen LogP contribution in [0.1, 0.15) is 29.5 Å². The summed E-state index contributed by atoms with van der Waals surface area (Å²) in [5, 5.41) is 23.4. The lowest BCUT2D eigenvalue weighted by Gasteiger charge is -2.33. The van der Waals surface area contributed by atoms with Gasteiger partial charge in [0.2, 0.25) is 0 Å². The van der Waals surface area contributed by atoms with Crippen molar-refractivity contribution in [2.75, 3.05) is 13.1 Å². The van der Waals surface area contributed by atoms with Gasteiger partial charge in [-0.25, -0.2) is 0 Å². The molecular formula is C14H21NO2. The lowest BCUT2D eigenvalue weighted by atomic mass is 9.86. The molecule has 1 fully saturated rings. The average molecular weight is 235 g/mol. The van der Waals surface area contributed by atoms with Crippen molar-refractivity contribution in [3.05, 3.63) is 28.8 Å². The summed E-state index contributed by atoms with van der Waals surface area (Å²) in [5.41, 5.74) is 2.23. The van der Waals surface area contributed by atoms with Gasteiger partial charge in [-0.15, -0.1) is 0 Å². The molecule has 1 aliphatic heterocycles. The van der Waals surface area contributed by atoms with Crippen molar-refractivity contribution in [2.45, 2.75) is 38.7 Å². The van der Waals surface area contributed by atoms with Crippen molar-refractivity contribution >= 4 is 0 Å². The third kappa shape index (κ3) is 2.79. The molecule has 1 aromatic carbocycles. The third-order valence-corrected chi connectivity index (χ3v) is 3.53. The van der Waals surface area contributed by atoms with Crippen LogP contribution in [0.3, 0.4) is 0 Å². The molecule has 3 nitrogen and oxygen atoms in total. The summed E-state index contributed by atoms with van der Waals surface area (Å²) in [5.74, 6) is 0.363. The van der Waals surface area contributed by atoms with E-state index in [1.165, 1.54) is 0 Å². The van der Waals surface area contributed by atoms with Crippen molar-refractivity contribution in [3.63, 3.8) is 0 Å². The van der Waals surface area contributed by atoms with Gasteiger partial charge in [0, 0.05) is 13.0 Å². The first-order valence-corrected chi connectivity index (χ1v) is 6.22. The third-order valence-electron chi connectivity index (χ3n) is 3.53. The number of aromatic hydroxyl groups is 1. The number of hydrogen-bond donors (Lipinski definition) is 3. The topological polar surface area (TPSA) is 52.5 Å². The molecule has 0 radical (unpaired) electrons. The molecule has 0 aromatic heterocycles. The fourth-order valence-electron chi connectivity index (χ4n) is 2.63. The van der Waals surface area contributed by atoms with Crippen LogP contribution in [0.2, 0.25) is 0 Å². The fourth-order valence-corrected chi connectivity index (χ4v) is 2.63. The highest BCUT2D eigenvalue weighted by Gasteiger charge is 2.29. The maximum atomic E-state index is 10.5. The summed E-state index contributed by atoms with van der Waals surface area (Å²) in [4.78, 5) is 0. The molecule has 3 N–H and O–H groups in total. The van der Waals surface area contributed by atoms with Crippen LogP contribution in [0.25, 0.3) is 0 Å². The van der Waals surface area contributed by atoms with Crippen LogP contribution >= 0.6 is 0 Å². The number of hydrogen-bond acceptors (Lipinski definition) is 3. The molecule has 1 atom stereocenters. The second-order valence-electron chi connectivity index (χ2n) is 5.26. The van der Waals surface area contributed by atoms with Crippen molar-refractivity contribution in [3.8, 4) is 5.75 Å². The van der Waals surface area contributed by atoms with Crippen molar-refractivity contribution in [2.24, 2.45) is 0 Å². The lowest BCUT2D eigenvalue weighted by Crippen LogP contribution is -2.47. The predicted octanol–water partition coefficient (Wildman–Crippen LogP) is 1.67. The SMILES string of the molecule is Cc1cc(CC2(O)CCCNC2)cc(C)c1O. The molecule has 0 bridgehead atoms. The number of rotatable bonds is 2. The summed E-state index contributed by atoms with van der Waals surface area (Å²) >= 11 is 0. The largest absolute Gasteiger partial charge is 0.507 e. The van der Waals surface area contributed by atoms with E-state index in [2.05, 4.69) is 5.32 Å². The number of phenols is 1. The summed E-state index contributed by atoms with van der Waals surface area (Å²) in [6.45, 7) is 5.45. The van der Waals surface area contributed by atoms with Crippen LogP contribution < -0.4 is 5.32 Å². The number of aliphatic hydroxyl groups is 1. The molecule has 3 heteroatoms. The molecule has 94 valence electrons. The first kappa shape index (κ1) is 12.4. The number of nitrogens with one attached hydrogen (secondary N) is 1. The summed E-state index contributed by atoms with van der Waals surface area (Å²) in [6, 6.07) is 3.93. The second kappa shape index (κ2) is 4.67. The number of phenolic OH excluding ortho intramolecular Hbond substituents is 1. The lowest BCUT2D eigenvalue weighted by molar-refractivity contribution is 0.0169. The Kier molecular flexibility index (Phi) is 3.40. The van der Waals surface area contributed by atoms with Crippen molar-refractivity contribution < 1.29 is 10.2 Å². The van der Waals surface area contributed by atoms with E-state index in [4.69, 9.17) is 0 Å². The smallest absolute Gasteiger partial charge is 0.121 e. The van der Waals surface area contributed by atoms with E-state index in [-0.39, 0.29) is 0 Å². The van der Waals surface area contributed by atoms with Crippen LogP contribution in [-0.2, 0) is 6.42 Å². The molecule has 2 rings (SSSR count). The second-order valence-corrected chi connectivity index (χ2v) is 5.26. The van der Waals surface area contributed by atoms with Gasteiger partial charge < -0.3 is 15.5 Å². The molecule has 1 heterocycles. The molecule has 0 spiro atoms. The minimum Gasteiger partial charge on any atom is -0.507 e. The minimum atomic E-state index is -0.631. The van der Waals surface area contributed by atoms with Crippen LogP contribution in [0.4, 0.5) is 0 Å². The Morgan fingerprint density at radius 3 is 2.47 bits per heavy atom. The molecule has 1 saturated heterocycles. The molecule has 1 unspecified atom stereocenters. The summed E-state index contributed by atoms with van der Waals surface area (Å²) in [6.07, 6.45) is 2.52. The Bertz CT molecular complexity index is 386. The van der Waals surface area contributed by atoms with Gasteiger partial charge in [-0.2, -0.15) is 0 Å². The van der Waals surface area contributed by atoms with E-state index in [0.717, 1.165) is 36.1 Å². The van der Waals surface area contributed by atoms with Gasteiger partial charge in [0.05, 0.1) is 5.60 Å². The van der Waals surface area contributed by atoms with E-state index in [9.17, 15) is 10.2 Å². The highest BCUT2D eigenvalue weighted by atomic mass is 16.3. The molecule has 17 heavy (non-hydrogen) atoms. The molecule has 0 saturated carbocycles. The van der Waals surface area contributed by atoms with E-state index < -0.39 is 5.60 Å². The van der Waals surface area contributed by atoms with Gasteiger partial charge in [-0.3, -0.25) is 0 Å². The first-order valence-electron chi connectivity index (χ1n) is 6.22. The molecule has 0 aliphatic carbocycles. The summed E-state index contributed by atoms with van der Waals surface area (Å²) in [7, 11) is 0. The monoisotopic (exact) mass is 235 g/mol. The Balaban J connectivity index is 2.18. The van der Waals surface area contributed by atoms with Crippen LogP contribution in [0, 0.1) is 13.8 Å². The zero-order valence-electron chi connectivity index (χ0n) is 10.6. The maximum Gasteiger partial charge on any atom is 0.121 e. The molecule has 0 amide bonds. The Morgan fingerprint density at radius 2 is 1.94 bits per heavy atom. The van der Waals surface area contributed by atoms with Gasteiger partial charge in [0.1, 0.15) is 5.75 Å². The van der Waals surface area contributed by atoms with Crippen LogP contribution in [0.15, 0.2) is 12.1 Å². The van der Waals surface area contributed by atoms with Gasteiger partial charge in [0.25, 0.3) is 0 Å². The van der Waals surface area contributed by atoms with E-state index in [1.807, 2.05) is 26.0 Å². The number of piperidine rings is 1. The highest BCUT2D eigenvalue weighted by Crippen LogP contribution is 2.27. The number of benzene rings is 1. The quantitative estimate of drug-likeness (QED) is 0.731. The molecular weight excluding hydrogens is 214 g/mol. The average Bonchev–Trinajstić information content (AvgIpc) is 2.26. The first-order chi connectivity index (χ1) is 8.00. The summed E-state index contributed by atoms with van der Waals surface area (Å²) < 4.78 is 0. The fraction of sp³-hybridized carbons (Fsp3) is 0.571. The predicted molar refractivity (Wildman–Crippen MR) is 68.3 cm³/mol. The normalized spacial score (nSPS) is 24.9. The van der Waals surface area contributed by atoms with Gasteiger partial charge in [-0.05, 0) is 49.9 Å². The van der Waals surface area contributed by atoms with Gasteiger partial charge in [0.15, 0.2) is 0 Å². The zero-order valence-corrected chi connectivity index (χ0v) is 10.6. The van der Waals surface area contributed by atoms with E-state index >= 15 is 0 Å². The Labute approximate surface area is 102 Å². The van der Waals surface area contributed by atoms with Gasteiger partial charge in [-0.1, -0.05) is 12.1 Å². The van der Waals surface area contributed by atoms with Crippen molar-refractivity contribution in [1.82, 2.24) is 5.32 Å². The Hall–Kier alpha value is -1.06. The van der Waals surface area contributed by atoms with Crippen LogP contribution in [0.5, 0.6) is 5.75 Å². The number of aryl methyl sites for hydroxylation is 2. The molecule has 1 aromatic rings. The zero-order chi connectivity index (χ0) is 12.5.